The Labute approximate surface area is 170 Å². The van der Waals surface area contributed by atoms with Crippen molar-refractivity contribution >= 4 is 31.4 Å². The van der Waals surface area contributed by atoms with Crippen molar-refractivity contribution in [2.45, 2.75) is 35.6 Å². The summed E-state index contributed by atoms with van der Waals surface area (Å²) in [6, 6.07) is 9.02. The Morgan fingerprint density at radius 2 is 1.82 bits per heavy atom. The predicted octanol–water partition coefficient (Wildman–Crippen LogP) is 2.15. The van der Waals surface area contributed by atoms with Crippen molar-refractivity contribution in [3.8, 4) is 0 Å². The number of nitrogens with one attached hydrogen (secondary N) is 1. The molecule has 3 N–H and O–H groups in total. The summed E-state index contributed by atoms with van der Waals surface area (Å²) >= 11 is 1.61. The van der Waals surface area contributed by atoms with Crippen molar-refractivity contribution in [3.05, 3.63) is 46.7 Å². The van der Waals surface area contributed by atoms with Crippen molar-refractivity contribution in [3.63, 3.8) is 0 Å². The highest BCUT2D eigenvalue weighted by Gasteiger charge is 2.27. The van der Waals surface area contributed by atoms with Gasteiger partial charge in [0, 0.05) is 11.4 Å². The van der Waals surface area contributed by atoms with Gasteiger partial charge in [-0.2, -0.15) is 0 Å². The van der Waals surface area contributed by atoms with Gasteiger partial charge in [-0.1, -0.05) is 19.1 Å². The van der Waals surface area contributed by atoms with Gasteiger partial charge in [0.15, 0.2) is 0 Å². The summed E-state index contributed by atoms with van der Waals surface area (Å²) < 4.78 is 51.2. The standard InChI is InChI=1S/C18H25N3O4S3/c1-14-7-9-21(10-8-14)17(18-6-3-11-26-18)13-20-28(24,25)16-5-2-4-15(12-16)27(19,22)23/h2-6,11-12,14,17,20H,7-10,13H2,1H3,(H2,19,22,23). The molecule has 2 aromatic rings. The number of hydrogen-bond acceptors (Lipinski definition) is 6. The normalized spacial score (nSPS) is 18.2. The summed E-state index contributed by atoms with van der Waals surface area (Å²) in [5, 5.41) is 7.10. The summed E-state index contributed by atoms with van der Waals surface area (Å²) in [5.74, 6) is 0.679. The molecule has 1 aliphatic rings. The lowest BCUT2D eigenvalue weighted by Gasteiger charge is -2.36. The predicted molar refractivity (Wildman–Crippen MR) is 110 cm³/mol. The molecule has 7 nitrogen and oxygen atoms in total. The van der Waals surface area contributed by atoms with E-state index < -0.39 is 20.0 Å². The molecular formula is C18H25N3O4S3. The largest absolute Gasteiger partial charge is 0.294 e. The molecule has 28 heavy (non-hydrogen) atoms. The number of primary sulfonamides is 1. The molecule has 0 aliphatic carbocycles. The molecule has 1 aromatic heterocycles. The number of nitrogens with two attached hydrogens (primary N) is 1. The number of thiophene rings is 1. The van der Waals surface area contributed by atoms with Gasteiger partial charge in [-0.3, -0.25) is 4.90 Å². The second kappa shape index (κ2) is 8.60. The third-order valence-corrected chi connectivity index (χ3v) is 8.35. The lowest BCUT2D eigenvalue weighted by molar-refractivity contribution is 0.141. The average molecular weight is 444 g/mol. The topological polar surface area (TPSA) is 110 Å². The summed E-state index contributed by atoms with van der Waals surface area (Å²) in [7, 11) is -7.84. The lowest BCUT2D eigenvalue weighted by atomic mass is 9.97. The van der Waals surface area contributed by atoms with E-state index in [9.17, 15) is 16.8 Å². The van der Waals surface area contributed by atoms with Crippen LogP contribution in [0.15, 0.2) is 51.6 Å². The Morgan fingerprint density at radius 1 is 1.14 bits per heavy atom. The second-order valence-corrected chi connectivity index (χ2v) is 11.4. The molecular weight excluding hydrogens is 418 g/mol. The monoisotopic (exact) mass is 443 g/mol. The Kier molecular flexibility index (Phi) is 6.58. The fraction of sp³-hybridized carbons (Fsp3) is 0.444. The van der Waals surface area contributed by atoms with Gasteiger partial charge in [0.25, 0.3) is 0 Å². The van der Waals surface area contributed by atoms with Crippen molar-refractivity contribution in [1.82, 2.24) is 9.62 Å². The van der Waals surface area contributed by atoms with E-state index in [4.69, 9.17) is 5.14 Å². The van der Waals surface area contributed by atoms with Crippen LogP contribution in [0.4, 0.5) is 0 Å². The zero-order valence-electron chi connectivity index (χ0n) is 15.6. The highest BCUT2D eigenvalue weighted by molar-refractivity contribution is 7.90. The maximum atomic E-state index is 12.8. The highest BCUT2D eigenvalue weighted by atomic mass is 32.2. The van der Waals surface area contributed by atoms with Crippen LogP contribution in [0, 0.1) is 5.92 Å². The molecule has 1 aromatic carbocycles. The minimum atomic E-state index is -3.97. The zero-order chi connectivity index (χ0) is 20.4. The maximum absolute atomic E-state index is 12.8. The van der Waals surface area contributed by atoms with Gasteiger partial charge in [-0.15, -0.1) is 11.3 Å². The number of rotatable bonds is 7. The number of benzene rings is 1. The third-order valence-electron chi connectivity index (χ3n) is 5.04. The SMILES string of the molecule is CC1CCN(C(CNS(=O)(=O)c2cccc(S(N)(=O)=O)c2)c2cccs2)CC1. The maximum Gasteiger partial charge on any atom is 0.240 e. The van der Waals surface area contributed by atoms with E-state index in [0.717, 1.165) is 36.9 Å². The van der Waals surface area contributed by atoms with Gasteiger partial charge in [0.2, 0.25) is 20.0 Å². The summed E-state index contributed by atoms with van der Waals surface area (Å²) in [4.78, 5) is 3.08. The van der Waals surface area contributed by atoms with Crippen LogP contribution in [0.2, 0.25) is 0 Å². The molecule has 0 amide bonds. The first-order valence-electron chi connectivity index (χ1n) is 9.07. The molecule has 0 saturated carbocycles. The first kappa shape index (κ1) is 21.4. The molecule has 1 fully saturated rings. The van der Waals surface area contributed by atoms with Crippen molar-refractivity contribution in [2.24, 2.45) is 11.1 Å². The molecule has 0 radical (unpaired) electrons. The highest BCUT2D eigenvalue weighted by Crippen LogP contribution is 2.29. The Bertz CT molecular complexity index is 996. The minimum Gasteiger partial charge on any atom is -0.294 e. The first-order valence-corrected chi connectivity index (χ1v) is 13.0. The van der Waals surface area contributed by atoms with E-state index in [-0.39, 0.29) is 22.4 Å². The fourth-order valence-corrected chi connectivity index (χ4v) is 5.90. The summed E-state index contributed by atoms with van der Waals surface area (Å²) in [6.45, 7) is 4.30. The number of sulfonamides is 2. The van der Waals surface area contributed by atoms with Gasteiger partial charge in [0.1, 0.15) is 0 Å². The molecule has 1 saturated heterocycles. The second-order valence-electron chi connectivity index (χ2n) is 7.12. The Hall–Kier alpha value is -1.30. The van der Waals surface area contributed by atoms with Gasteiger partial charge >= 0.3 is 0 Å². The van der Waals surface area contributed by atoms with E-state index >= 15 is 0 Å². The molecule has 0 bridgehead atoms. The van der Waals surface area contributed by atoms with Crippen LogP contribution in [0.25, 0.3) is 0 Å². The van der Waals surface area contributed by atoms with E-state index in [2.05, 4.69) is 16.5 Å². The van der Waals surface area contributed by atoms with Gasteiger partial charge in [-0.05, 0) is 61.5 Å². The molecule has 1 aliphatic heterocycles. The molecule has 0 spiro atoms. The number of nitrogens with zero attached hydrogens (tertiary/aromatic N) is 1. The molecule has 10 heteroatoms. The van der Waals surface area contributed by atoms with Crippen LogP contribution in [0.3, 0.4) is 0 Å². The van der Waals surface area contributed by atoms with E-state index in [1.165, 1.54) is 18.2 Å². The summed E-state index contributed by atoms with van der Waals surface area (Å²) in [6.07, 6.45) is 2.18. The Balaban J connectivity index is 1.79. The number of hydrogen-bond donors (Lipinski definition) is 2. The van der Waals surface area contributed by atoms with Crippen LogP contribution in [-0.2, 0) is 20.0 Å². The van der Waals surface area contributed by atoms with E-state index in [1.54, 1.807) is 11.3 Å². The molecule has 1 unspecified atom stereocenters. The van der Waals surface area contributed by atoms with Crippen LogP contribution >= 0.6 is 11.3 Å². The number of likely N-dealkylation sites (tertiary alicyclic amines) is 1. The van der Waals surface area contributed by atoms with Gasteiger partial charge < -0.3 is 0 Å². The first-order chi connectivity index (χ1) is 13.2. The van der Waals surface area contributed by atoms with Crippen molar-refractivity contribution in [2.75, 3.05) is 19.6 Å². The summed E-state index contributed by atoms with van der Waals surface area (Å²) in [5.41, 5.74) is 0. The van der Waals surface area contributed by atoms with Crippen LogP contribution in [0.1, 0.15) is 30.7 Å². The van der Waals surface area contributed by atoms with Gasteiger partial charge in [-0.25, -0.2) is 26.7 Å². The smallest absolute Gasteiger partial charge is 0.240 e. The Morgan fingerprint density at radius 3 is 2.43 bits per heavy atom. The zero-order valence-corrected chi connectivity index (χ0v) is 18.1. The molecule has 1 atom stereocenters. The lowest BCUT2D eigenvalue weighted by Crippen LogP contribution is -2.41. The minimum absolute atomic E-state index is 0.0521. The molecule has 154 valence electrons. The van der Waals surface area contributed by atoms with Gasteiger partial charge in [0.05, 0.1) is 15.8 Å². The van der Waals surface area contributed by atoms with Crippen LogP contribution < -0.4 is 9.86 Å². The average Bonchev–Trinajstić information content (AvgIpc) is 3.17. The third kappa shape index (κ3) is 5.19. The van der Waals surface area contributed by atoms with Crippen LogP contribution in [0.5, 0.6) is 0 Å². The van der Waals surface area contributed by atoms with E-state index in [0.29, 0.717) is 5.92 Å². The van der Waals surface area contributed by atoms with Crippen LogP contribution in [-0.4, -0.2) is 41.4 Å². The van der Waals surface area contributed by atoms with Crippen molar-refractivity contribution < 1.29 is 16.8 Å². The molecule has 3 rings (SSSR count). The van der Waals surface area contributed by atoms with E-state index in [1.807, 2.05) is 17.5 Å². The van der Waals surface area contributed by atoms with Crippen molar-refractivity contribution in [1.29, 1.82) is 0 Å². The fourth-order valence-electron chi connectivity index (χ4n) is 3.32. The number of piperidine rings is 1. The molecule has 2 heterocycles. The quantitative estimate of drug-likeness (QED) is 0.681.